The Morgan fingerprint density at radius 3 is 2.39 bits per heavy atom. The molecule has 0 fully saturated rings. The Morgan fingerprint density at radius 1 is 0.917 bits per heavy atom. The standard InChI is InChI=1S/C32H36N2O2/c1-5-7-19-36-26-12-10-11-25(20-26)31-21-28(27-13-8-9-14-30(27)33-31)32(35)34-29(6-2)24-17-15-23(16-18-24)22(3)4/h8-18,20-22,29H,5-7,19H2,1-4H3,(H,34,35)/t29-/m1/s1. The van der Waals surface area contributed by atoms with E-state index in [1.807, 2.05) is 54.6 Å². The smallest absolute Gasteiger partial charge is 0.252 e. The molecule has 0 saturated carbocycles. The molecule has 3 aromatic carbocycles. The van der Waals surface area contributed by atoms with Gasteiger partial charge in [-0.3, -0.25) is 4.79 Å². The highest BCUT2D eigenvalue weighted by Crippen LogP contribution is 2.28. The van der Waals surface area contributed by atoms with Gasteiger partial charge in [-0.2, -0.15) is 0 Å². The predicted molar refractivity (Wildman–Crippen MR) is 149 cm³/mol. The van der Waals surface area contributed by atoms with Crippen molar-refractivity contribution in [1.29, 1.82) is 0 Å². The number of hydrogen-bond acceptors (Lipinski definition) is 3. The molecule has 0 saturated heterocycles. The topological polar surface area (TPSA) is 51.2 Å². The van der Waals surface area contributed by atoms with Gasteiger partial charge in [-0.25, -0.2) is 4.98 Å². The van der Waals surface area contributed by atoms with E-state index in [0.717, 1.165) is 52.7 Å². The molecule has 0 aliphatic heterocycles. The number of nitrogens with one attached hydrogen (secondary N) is 1. The lowest BCUT2D eigenvalue weighted by atomic mass is 9.97. The molecule has 4 aromatic rings. The van der Waals surface area contributed by atoms with Crippen LogP contribution in [0.2, 0.25) is 0 Å². The summed E-state index contributed by atoms with van der Waals surface area (Å²) < 4.78 is 5.91. The highest BCUT2D eigenvalue weighted by atomic mass is 16.5. The van der Waals surface area contributed by atoms with Gasteiger partial charge in [0.05, 0.1) is 29.4 Å². The number of para-hydroxylation sites is 1. The Bertz CT molecular complexity index is 1310. The molecule has 36 heavy (non-hydrogen) atoms. The van der Waals surface area contributed by atoms with Gasteiger partial charge in [0.2, 0.25) is 0 Å². The van der Waals surface area contributed by atoms with Crippen LogP contribution in [0.5, 0.6) is 5.75 Å². The summed E-state index contributed by atoms with van der Waals surface area (Å²) in [5, 5.41) is 4.12. The van der Waals surface area contributed by atoms with E-state index in [9.17, 15) is 4.79 Å². The number of unbranched alkanes of at least 4 members (excludes halogenated alkanes) is 1. The number of aromatic nitrogens is 1. The van der Waals surface area contributed by atoms with E-state index in [1.54, 1.807) is 0 Å². The van der Waals surface area contributed by atoms with Crippen LogP contribution in [-0.2, 0) is 0 Å². The number of fused-ring (bicyclic) bond motifs is 1. The molecule has 1 amide bonds. The molecular formula is C32H36N2O2. The number of rotatable bonds is 10. The first-order valence-electron chi connectivity index (χ1n) is 13.0. The predicted octanol–water partition coefficient (Wildman–Crippen LogP) is 8.09. The average molecular weight is 481 g/mol. The zero-order chi connectivity index (χ0) is 25.5. The van der Waals surface area contributed by atoms with Crippen LogP contribution < -0.4 is 10.1 Å². The lowest BCUT2D eigenvalue weighted by molar-refractivity contribution is 0.0937. The largest absolute Gasteiger partial charge is 0.494 e. The zero-order valence-corrected chi connectivity index (χ0v) is 21.8. The van der Waals surface area contributed by atoms with Crippen LogP contribution in [-0.4, -0.2) is 17.5 Å². The third-order valence-corrected chi connectivity index (χ3v) is 6.58. The maximum Gasteiger partial charge on any atom is 0.252 e. The van der Waals surface area contributed by atoms with Gasteiger partial charge >= 0.3 is 0 Å². The normalized spacial score (nSPS) is 12.0. The lowest BCUT2D eigenvalue weighted by Crippen LogP contribution is -2.28. The minimum Gasteiger partial charge on any atom is -0.494 e. The Morgan fingerprint density at radius 2 is 1.67 bits per heavy atom. The second kappa shape index (κ2) is 11.9. The van der Waals surface area contributed by atoms with Crippen molar-refractivity contribution >= 4 is 16.8 Å². The number of hydrogen-bond donors (Lipinski definition) is 1. The van der Waals surface area contributed by atoms with Crippen LogP contribution in [0.4, 0.5) is 0 Å². The molecule has 0 bridgehead atoms. The fraction of sp³-hybridized carbons (Fsp3) is 0.312. The molecule has 4 heteroatoms. The highest BCUT2D eigenvalue weighted by Gasteiger charge is 2.18. The summed E-state index contributed by atoms with van der Waals surface area (Å²) in [6.45, 7) is 9.31. The first-order valence-corrected chi connectivity index (χ1v) is 13.0. The van der Waals surface area contributed by atoms with Crippen LogP contribution in [0, 0.1) is 0 Å². The van der Waals surface area contributed by atoms with Crippen molar-refractivity contribution in [3.05, 3.63) is 95.6 Å². The molecule has 0 radical (unpaired) electrons. The first-order chi connectivity index (χ1) is 17.5. The van der Waals surface area contributed by atoms with Gasteiger partial charge in [-0.1, -0.05) is 88.7 Å². The molecule has 4 rings (SSSR count). The summed E-state index contributed by atoms with van der Waals surface area (Å²) in [5.74, 6) is 1.20. The Kier molecular flexibility index (Phi) is 8.37. The number of pyridine rings is 1. The van der Waals surface area contributed by atoms with Crippen molar-refractivity contribution in [2.45, 2.75) is 58.9 Å². The van der Waals surface area contributed by atoms with E-state index in [1.165, 1.54) is 5.56 Å². The summed E-state index contributed by atoms with van der Waals surface area (Å²) >= 11 is 0. The molecule has 1 aromatic heterocycles. The van der Waals surface area contributed by atoms with Crippen molar-refractivity contribution in [3.63, 3.8) is 0 Å². The Balaban J connectivity index is 1.65. The van der Waals surface area contributed by atoms with Gasteiger partial charge in [0, 0.05) is 10.9 Å². The lowest BCUT2D eigenvalue weighted by Gasteiger charge is -2.19. The number of nitrogens with zero attached hydrogens (tertiary/aromatic N) is 1. The van der Waals surface area contributed by atoms with Crippen molar-refractivity contribution in [2.24, 2.45) is 0 Å². The molecule has 0 aliphatic carbocycles. The van der Waals surface area contributed by atoms with Gasteiger partial charge < -0.3 is 10.1 Å². The van der Waals surface area contributed by atoms with Crippen molar-refractivity contribution < 1.29 is 9.53 Å². The summed E-state index contributed by atoms with van der Waals surface area (Å²) in [7, 11) is 0. The summed E-state index contributed by atoms with van der Waals surface area (Å²) in [6.07, 6.45) is 2.91. The van der Waals surface area contributed by atoms with E-state index < -0.39 is 0 Å². The minimum atomic E-state index is -0.0926. The molecule has 1 heterocycles. The van der Waals surface area contributed by atoms with Gasteiger partial charge in [-0.05, 0) is 54.2 Å². The minimum absolute atomic E-state index is 0.0654. The van der Waals surface area contributed by atoms with Crippen LogP contribution >= 0.6 is 0 Å². The summed E-state index contributed by atoms with van der Waals surface area (Å²) in [5.41, 5.74) is 5.53. The van der Waals surface area contributed by atoms with Crippen molar-refractivity contribution in [2.75, 3.05) is 6.61 Å². The Labute approximate surface area is 214 Å². The molecule has 4 nitrogen and oxygen atoms in total. The molecule has 0 unspecified atom stereocenters. The number of amides is 1. The van der Waals surface area contributed by atoms with Crippen LogP contribution in [0.3, 0.4) is 0 Å². The molecule has 0 aliphatic rings. The third-order valence-electron chi connectivity index (χ3n) is 6.58. The van der Waals surface area contributed by atoms with E-state index in [2.05, 4.69) is 57.3 Å². The van der Waals surface area contributed by atoms with Crippen LogP contribution in [0.15, 0.2) is 78.9 Å². The molecule has 186 valence electrons. The van der Waals surface area contributed by atoms with E-state index in [0.29, 0.717) is 18.1 Å². The van der Waals surface area contributed by atoms with E-state index in [4.69, 9.17) is 9.72 Å². The van der Waals surface area contributed by atoms with Gasteiger partial charge in [0.15, 0.2) is 0 Å². The maximum absolute atomic E-state index is 13.6. The quantitative estimate of drug-likeness (QED) is 0.233. The fourth-order valence-electron chi connectivity index (χ4n) is 4.36. The fourth-order valence-corrected chi connectivity index (χ4v) is 4.36. The monoisotopic (exact) mass is 480 g/mol. The van der Waals surface area contributed by atoms with Gasteiger partial charge in [0.1, 0.15) is 5.75 Å². The van der Waals surface area contributed by atoms with E-state index >= 15 is 0 Å². The maximum atomic E-state index is 13.6. The van der Waals surface area contributed by atoms with E-state index in [-0.39, 0.29) is 11.9 Å². The molecule has 0 spiro atoms. The summed E-state index contributed by atoms with van der Waals surface area (Å²) in [6, 6.07) is 26.2. The SMILES string of the molecule is CCCCOc1cccc(-c2cc(C(=O)N[C@H](CC)c3ccc(C(C)C)cc3)c3ccccc3n2)c1. The molecule has 1 atom stereocenters. The number of carbonyl (C=O) groups excluding carboxylic acids is 1. The van der Waals surface area contributed by atoms with Gasteiger partial charge in [0.25, 0.3) is 5.91 Å². The summed E-state index contributed by atoms with van der Waals surface area (Å²) in [4.78, 5) is 18.5. The Hall–Kier alpha value is -3.66. The first kappa shape index (κ1) is 25.4. The number of ether oxygens (including phenoxy) is 1. The van der Waals surface area contributed by atoms with Crippen molar-refractivity contribution in [3.8, 4) is 17.0 Å². The average Bonchev–Trinajstić information content (AvgIpc) is 2.91. The number of benzene rings is 3. The second-order valence-corrected chi connectivity index (χ2v) is 9.56. The number of carbonyl (C=O) groups is 1. The van der Waals surface area contributed by atoms with Crippen LogP contribution in [0.1, 0.15) is 80.4 Å². The second-order valence-electron chi connectivity index (χ2n) is 9.56. The third kappa shape index (κ3) is 5.93. The molecular weight excluding hydrogens is 444 g/mol. The molecule has 1 N–H and O–H groups in total. The zero-order valence-electron chi connectivity index (χ0n) is 21.8. The highest BCUT2D eigenvalue weighted by molar-refractivity contribution is 6.07. The van der Waals surface area contributed by atoms with Crippen LogP contribution in [0.25, 0.3) is 22.2 Å². The van der Waals surface area contributed by atoms with Gasteiger partial charge in [-0.15, -0.1) is 0 Å². The van der Waals surface area contributed by atoms with Crippen molar-refractivity contribution in [1.82, 2.24) is 10.3 Å².